The van der Waals surface area contributed by atoms with Crippen LogP contribution in [-0.2, 0) is 4.74 Å². The summed E-state index contributed by atoms with van der Waals surface area (Å²) in [7, 11) is 1.65. The maximum Gasteiger partial charge on any atom is 0.0833 e. The molecule has 0 rings (SSSR count). The highest BCUT2D eigenvalue weighted by Crippen LogP contribution is 1.95. The van der Waals surface area contributed by atoms with Crippen LogP contribution >= 0.6 is 12.2 Å². The van der Waals surface area contributed by atoms with E-state index in [0.29, 0.717) is 6.61 Å². The van der Waals surface area contributed by atoms with Gasteiger partial charge in [0.2, 0.25) is 0 Å². The molecule has 0 aliphatic heterocycles. The van der Waals surface area contributed by atoms with E-state index in [2.05, 4.69) is 22.4 Å². The van der Waals surface area contributed by atoms with Gasteiger partial charge in [-0.25, -0.2) is 4.99 Å². The lowest BCUT2D eigenvalue weighted by Gasteiger charge is -2.03. The summed E-state index contributed by atoms with van der Waals surface area (Å²) in [5.41, 5.74) is 0. The Morgan fingerprint density at radius 3 is 2.78 bits per heavy atom. The van der Waals surface area contributed by atoms with Gasteiger partial charge in [-0.05, 0) is 18.6 Å². The van der Waals surface area contributed by atoms with E-state index in [4.69, 9.17) is 4.74 Å². The minimum atomic E-state index is 0.201. The van der Waals surface area contributed by atoms with Crippen molar-refractivity contribution < 1.29 is 4.74 Å². The van der Waals surface area contributed by atoms with Gasteiger partial charge in [-0.1, -0.05) is 6.92 Å². The lowest BCUT2D eigenvalue weighted by atomic mass is 10.2. The summed E-state index contributed by atoms with van der Waals surface area (Å²) in [6, 6.07) is 0.201. The minimum absolute atomic E-state index is 0.201. The second kappa shape index (κ2) is 5.89. The maximum absolute atomic E-state index is 4.87. The number of hydrogen-bond acceptors (Lipinski definition) is 3. The van der Waals surface area contributed by atoms with Crippen LogP contribution in [0.15, 0.2) is 4.99 Å². The average Bonchev–Trinajstić information content (AvgIpc) is 1.88. The molecule has 1 atom stereocenters. The molecule has 9 heavy (non-hydrogen) atoms. The van der Waals surface area contributed by atoms with Crippen molar-refractivity contribution in [3.63, 3.8) is 0 Å². The SMILES string of the molecule is CCC(COC)N=C=S. The molecule has 0 aromatic heterocycles. The first-order chi connectivity index (χ1) is 4.35. The van der Waals surface area contributed by atoms with Gasteiger partial charge in [0, 0.05) is 7.11 Å². The number of isothiocyanates is 1. The van der Waals surface area contributed by atoms with Crippen LogP contribution in [0.25, 0.3) is 0 Å². The summed E-state index contributed by atoms with van der Waals surface area (Å²) in [4.78, 5) is 3.87. The molecule has 52 valence electrons. The third-order valence-electron chi connectivity index (χ3n) is 1.07. The van der Waals surface area contributed by atoms with Gasteiger partial charge < -0.3 is 4.74 Å². The van der Waals surface area contributed by atoms with Gasteiger partial charge in [0.25, 0.3) is 0 Å². The first-order valence-corrected chi connectivity index (χ1v) is 3.31. The molecule has 3 heteroatoms. The van der Waals surface area contributed by atoms with Gasteiger partial charge in [0.15, 0.2) is 0 Å². The second-order valence-electron chi connectivity index (χ2n) is 1.74. The summed E-state index contributed by atoms with van der Waals surface area (Å²) in [6.07, 6.45) is 0.956. The summed E-state index contributed by atoms with van der Waals surface area (Å²) < 4.78 is 4.87. The Morgan fingerprint density at radius 1 is 1.78 bits per heavy atom. The topological polar surface area (TPSA) is 21.6 Å². The van der Waals surface area contributed by atoms with Gasteiger partial charge in [-0.2, -0.15) is 0 Å². The summed E-state index contributed by atoms with van der Waals surface area (Å²) in [6.45, 7) is 2.68. The van der Waals surface area contributed by atoms with E-state index >= 15 is 0 Å². The molecule has 0 heterocycles. The first-order valence-electron chi connectivity index (χ1n) is 2.91. The normalized spacial score (nSPS) is 12.2. The molecule has 0 N–H and O–H groups in total. The average molecular weight is 145 g/mol. The van der Waals surface area contributed by atoms with Crippen LogP contribution in [-0.4, -0.2) is 24.9 Å². The van der Waals surface area contributed by atoms with E-state index in [-0.39, 0.29) is 6.04 Å². The zero-order valence-corrected chi connectivity index (χ0v) is 6.57. The van der Waals surface area contributed by atoms with E-state index < -0.39 is 0 Å². The van der Waals surface area contributed by atoms with E-state index in [9.17, 15) is 0 Å². The minimum Gasteiger partial charge on any atom is -0.382 e. The van der Waals surface area contributed by atoms with Crippen LogP contribution < -0.4 is 0 Å². The van der Waals surface area contributed by atoms with Gasteiger partial charge in [-0.3, -0.25) is 0 Å². The monoisotopic (exact) mass is 145 g/mol. The predicted octanol–water partition coefficient (Wildman–Crippen LogP) is 1.51. The third-order valence-corrected chi connectivity index (χ3v) is 1.17. The highest BCUT2D eigenvalue weighted by Gasteiger charge is 1.99. The lowest BCUT2D eigenvalue weighted by molar-refractivity contribution is 0.179. The summed E-state index contributed by atoms with van der Waals surface area (Å²) >= 11 is 4.44. The molecule has 0 bridgehead atoms. The van der Waals surface area contributed by atoms with Crippen molar-refractivity contribution in [1.82, 2.24) is 0 Å². The predicted molar refractivity (Wildman–Crippen MR) is 41.0 cm³/mol. The molecule has 0 aromatic carbocycles. The Labute approximate surface area is 60.9 Å². The third kappa shape index (κ3) is 4.28. The van der Waals surface area contributed by atoms with Crippen molar-refractivity contribution in [2.45, 2.75) is 19.4 Å². The molecule has 0 aliphatic carbocycles. The fraction of sp³-hybridized carbons (Fsp3) is 0.833. The van der Waals surface area contributed by atoms with Crippen molar-refractivity contribution >= 4 is 17.4 Å². The molecule has 0 aliphatic rings. The van der Waals surface area contributed by atoms with Gasteiger partial charge in [0.1, 0.15) is 0 Å². The van der Waals surface area contributed by atoms with Crippen LogP contribution in [0.4, 0.5) is 0 Å². The summed E-state index contributed by atoms with van der Waals surface area (Å²) in [5.74, 6) is 0. The Morgan fingerprint density at radius 2 is 2.44 bits per heavy atom. The van der Waals surface area contributed by atoms with Crippen LogP contribution in [0.1, 0.15) is 13.3 Å². The molecule has 0 fully saturated rings. The Balaban J connectivity index is 3.53. The molecule has 0 amide bonds. The number of ether oxygens (including phenoxy) is 1. The number of thiocarbonyl (C=S) groups is 1. The highest BCUT2D eigenvalue weighted by molar-refractivity contribution is 7.78. The Hall–Kier alpha value is -0.240. The van der Waals surface area contributed by atoms with E-state index in [1.165, 1.54) is 0 Å². The van der Waals surface area contributed by atoms with Crippen molar-refractivity contribution in [3.8, 4) is 0 Å². The largest absolute Gasteiger partial charge is 0.382 e. The zero-order chi connectivity index (χ0) is 7.11. The van der Waals surface area contributed by atoms with Gasteiger partial charge >= 0.3 is 0 Å². The second-order valence-corrected chi connectivity index (χ2v) is 1.92. The van der Waals surface area contributed by atoms with Crippen LogP contribution in [0.3, 0.4) is 0 Å². The van der Waals surface area contributed by atoms with Crippen molar-refractivity contribution in [3.05, 3.63) is 0 Å². The van der Waals surface area contributed by atoms with Crippen LogP contribution in [0.2, 0.25) is 0 Å². The van der Waals surface area contributed by atoms with E-state index in [1.54, 1.807) is 7.11 Å². The van der Waals surface area contributed by atoms with Gasteiger partial charge in [0.05, 0.1) is 17.8 Å². The van der Waals surface area contributed by atoms with Crippen LogP contribution in [0.5, 0.6) is 0 Å². The van der Waals surface area contributed by atoms with Crippen LogP contribution in [0, 0.1) is 0 Å². The molecular weight excluding hydrogens is 134 g/mol. The maximum atomic E-state index is 4.87. The number of aliphatic imine (C=N–C) groups is 1. The molecule has 0 saturated heterocycles. The fourth-order valence-corrected chi connectivity index (χ4v) is 0.662. The summed E-state index contributed by atoms with van der Waals surface area (Å²) in [5, 5.41) is 2.33. The Bertz CT molecular complexity index is 110. The molecule has 0 saturated carbocycles. The zero-order valence-electron chi connectivity index (χ0n) is 5.76. The quantitative estimate of drug-likeness (QED) is 0.442. The molecular formula is C6H11NOS. The van der Waals surface area contributed by atoms with Gasteiger partial charge in [-0.15, -0.1) is 0 Å². The number of methoxy groups -OCH3 is 1. The number of rotatable bonds is 4. The molecule has 2 nitrogen and oxygen atoms in total. The molecule has 1 unspecified atom stereocenters. The smallest absolute Gasteiger partial charge is 0.0833 e. The molecule has 0 spiro atoms. The number of nitrogens with zero attached hydrogens (tertiary/aromatic N) is 1. The van der Waals surface area contributed by atoms with E-state index in [1.807, 2.05) is 6.92 Å². The van der Waals surface area contributed by atoms with Crippen molar-refractivity contribution in [1.29, 1.82) is 0 Å². The van der Waals surface area contributed by atoms with Crippen molar-refractivity contribution in [2.24, 2.45) is 4.99 Å². The number of hydrogen-bond donors (Lipinski definition) is 0. The van der Waals surface area contributed by atoms with Crippen molar-refractivity contribution in [2.75, 3.05) is 13.7 Å². The molecule has 0 radical (unpaired) electrons. The lowest BCUT2D eigenvalue weighted by Crippen LogP contribution is -2.09. The fourth-order valence-electron chi connectivity index (χ4n) is 0.513. The standard InChI is InChI=1S/C6H11NOS/c1-3-6(4-8-2)7-5-9/h6H,3-4H2,1-2H3. The van der Waals surface area contributed by atoms with E-state index in [0.717, 1.165) is 6.42 Å². The molecule has 0 aromatic rings. The first kappa shape index (κ1) is 8.76. The highest BCUT2D eigenvalue weighted by atomic mass is 32.1. The Kier molecular flexibility index (Phi) is 5.73.